The third kappa shape index (κ3) is 7.88. The Morgan fingerprint density at radius 3 is 2.80 bits per heavy atom. The molecule has 3 rings (SSSR count). The SMILES string of the molecule is CN=C(NCCS(=O)(=O)NCC1CCCCO1)N(C)Cc1nc2c(s1)CCCC2.I. The summed E-state index contributed by atoms with van der Waals surface area (Å²) in [7, 11) is 0.307. The van der Waals surface area contributed by atoms with Crippen molar-refractivity contribution >= 4 is 51.3 Å². The van der Waals surface area contributed by atoms with Crippen molar-refractivity contribution in [2.24, 2.45) is 4.99 Å². The van der Waals surface area contributed by atoms with E-state index in [-0.39, 0.29) is 35.8 Å². The number of nitrogens with zero attached hydrogens (tertiary/aromatic N) is 3. The number of sulfonamides is 1. The average molecular weight is 572 g/mol. The van der Waals surface area contributed by atoms with Crippen molar-refractivity contribution in [3.05, 3.63) is 15.6 Å². The molecule has 11 heteroatoms. The van der Waals surface area contributed by atoms with E-state index in [0.717, 1.165) is 43.7 Å². The first kappa shape index (κ1) is 25.8. The van der Waals surface area contributed by atoms with Crippen molar-refractivity contribution in [3.8, 4) is 0 Å². The Balaban J connectivity index is 0.00000320. The molecule has 0 saturated carbocycles. The molecule has 0 aromatic carbocycles. The monoisotopic (exact) mass is 571 g/mol. The maximum Gasteiger partial charge on any atom is 0.213 e. The van der Waals surface area contributed by atoms with Crippen LogP contribution in [0.3, 0.4) is 0 Å². The lowest BCUT2D eigenvalue weighted by Crippen LogP contribution is -2.43. The number of rotatable bonds is 8. The van der Waals surface area contributed by atoms with Crippen LogP contribution in [0.1, 0.15) is 47.7 Å². The first-order chi connectivity index (χ1) is 14.0. The van der Waals surface area contributed by atoms with Crippen LogP contribution in [0, 0.1) is 0 Å². The van der Waals surface area contributed by atoms with Gasteiger partial charge in [-0.25, -0.2) is 18.1 Å². The largest absolute Gasteiger partial charge is 0.377 e. The molecule has 2 aliphatic rings. The smallest absolute Gasteiger partial charge is 0.213 e. The van der Waals surface area contributed by atoms with E-state index >= 15 is 0 Å². The molecule has 8 nitrogen and oxygen atoms in total. The van der Waals surface area contributed by atoms with Crippen molar-refractivity contribution in [2.45, 2.75) is 57.6 Å². The van der Waals surface area contributed by atoms with E-state index < -0.39 is 10.0 Å². The molecule has 1 aliphatic carbocycles. The number of thiazole rings is 1. The van der Waals surface area contributed by atoms with Crippen LogP contribution in [0.2, 0.25) is 0 Å². The molecule has 0 bridgehead atoms. The maximum absolute atomic E-state index is 12.2. The lowest BCUT2D eigenvalue weighted by molar-refractivity contribution is 0.0200. The number of halogens is 1. The second-order valence-electron chi connectivity index (χ2n) is 7.67. The molecule has 1 atom stereocenters. The van der Waals surface area contributed by atoms with Crippen LogP contribution in [-0.4, -0.2) is 69.9 Å². The van der Waals surface area contributed by atoms with Gasteiger partial charge in [0.05, 0.1) is 24.1 Å². The molecule has 0 amide bonds. The number of ether oxygens (including phenoxy) is 1. The zero-order valence-corrected chi connectivity index (χ0v) is 21.8. The van der Waals surface area contributed by atoms with Crippen molar-refractivity contribution in [2.75, 3.05) is 39.5 Å². The zero-order chi connectivity index (χ0) is 20.7. The van der Waals surface area contributed by atoms with Gasteiger partial charge in [-0.2, -0.15) is 0 Å². The van der Waals surface area contributed by atoms with E-state index in [1.165, 1.54) is 23.4 Å². The number of aromatic nitrogens is 1. The minimum absolute atomic E-state index is 0. The number of fused-ring (bicyclic) bond motifs is 1. The van der Waals surface area contributed by atoms with Crippen LogP contribution < -0.4 is 10.0 Å². The molecule has 1 saturated heterocycles. The number of aryl methyl sites for hydroxylation is 2. The number of guanidine groups is 1. The van der Waals surface area contributed by atoms with E-state index in [1.54, 1.807) is 18.4 Å². The molecule has 1 aliphatic heterocycles. The molecular formula is C19H34IN5O3S2. The Labute approximate surface area is 201 Å². The molecule has 30 heavy (non-hydrogen) atoms. The maximum atomic E-state index is 12.2. The fraction of sp³-hybridized carbons (Fsp3) is 0.789. The second kappa shape index (κ2) is 12.5. The number of hydrogen-bond donors (Lipinski definition) is 2. The van der Waals surface area contributed by atoms with E-state index in [2.05, 4.69) is 15.0 Å². The van der Waals surface area contributed by atoms with Crippen molar-refractivity contribution in [1.82, 2.24) is 19.9 Å². The van der Waals surface area contributed by atoms with E-state index in [4.69, 9.17) is 9.72 Å². The number of hydrogen-bond acceptors (Lipinski definition) is 6. The van der Waals surface area contributed by atoms with Gasteiger partial charge in [0.25, 0.3) is 0 Å². The third-order valence-corrected chi connectivity index (χ3v) is 7.78. The summed E-state index contributed by atoms with van der Waals surface area (Å²) >= 11 is 1.79. The Bertz CT molecular complexity index is 771. The molecule has 1 unspecified atom stereocenters. The van der Waals surface area contributed by atoms with E-state index in [1.807, 2.05) is 11.9 Å². The fourth-order valence-corrected chi connectivity index (χ4v) is 5.86. The van der Waals surface area contributed by atoms with Gasteiger partial charge >= 0.3 is 0 Å². The van der Waals surface area contributed by atoms with Crippen LogP contribution >= 0.6 is 35.3 Å². The van der Waals surface area contributed by atoms with Crippen LogP contribution in [0.25, 0.3) is 0 Å². The quantitative estimate of drug-likeness (QED) is 0.282. The Kier molecular flexibility index (Phi) is 10.7. The highest BCUT2D eigenvalue weighted by molar-refractivity contribution is 14.0. The number of aliphatic imine (C=N–C) groups is 1. The molecule has 1 fully saturated rings. The molecule has 172 valence electrons. The van der Waals surface area contributed by atoms with E-state index in [9.17, 15) is 8.42 Å². The van der Waals surface area contributed by atoms with Gasteiger partial charge in [0.15, 0.2) is 5.96 Å². The van der Waals surface area contributed by atoms with Gasteiger partial charge in [0.2, 0.25) is 10.0 Å². The van der Waals surface area contributed by atoms with Crippen LogP contribution in [0.4, 0.5) is 0 Å². The summed E-state index contributed by atoms with van der Waals surface area (Å²) in [6.07, 6.45) is 7.77. The Morgan fingerprint density at radius 2 is 2.10 bits per heavy atom. The van der Waals surface area contributed by atoms with Crippen LogP contribution in [-0.2, 0) is 34.1 Å². The van der Waals surface area contributed by atoms with Gasteiger partial charge in [-0.05, 0) is 44.9 Å². The summed E-state index contributed by atoms with van der Waals surface area (Å²) in [5, 5.41) is 4.23. The van der Waals surface area contributed by atoms with Crippen molar-refractivity contribution in [1.29, 1.82) is 0 Å². The van der Waals surface area contributed by atoms with Crippen molar-refractivity contribution in [3.63, 3.8) is 0 Å². The molecule has 2 N–H and O–H groups in total. The minimum Gasteiger partial charge on any atom is -0.377 e. The highest BCUT2D eigenvalue weighted by Gasteiger charge is 2.19. The van der Waals surface area contributed by atoms with Gasteiger partial charge in [0, 0.05) is 38.7 Å². The summed E-state index contributed by atoms with van der Waals surface area (Å²) in [6.45, 7) is 2.04. The summed E-state index contributed by atoms with van der Waals surface area (Å²) in [5.41, 5.74) is 1.26. The standard InChI is InChI=1S/C19H33N5O3S2.HI/c1-20-19(24(2)14-18-23-16-8-3-4-9-17(16)28-18)21-10-12-29(25,26)22-13-15-7-5-6-11-27-15;/h15,22H,3-14H2,1-2H3,(H,20,21);1H. The Hall–Kier alpha value is -0.500. The molecular weight excluding hydrogens is 537 g/mol. The lowest BCUT2D eigenvalue weighted by Gasteiger charge is -2.23. The second-order valence-corrected chi connectivity index (χ2v) is 10.8. The van der Waals surface area contributed by atoms with E-state index in [0.29, 0.717) is 25.6 Å². The predicted octanol–water partition coefficient (Wildman–Crippen LogP) is 2.14. The topological polar surface area (TPSA) is 95.9 Å². The van der Waals surface area contributed by atoms with Crippen LogP contribution in [0.15, 0.2) is 4.99 Å². The summed E-state index contributed by atoms with van der Waals surface area (Å²) in [6, 6.07) is 0. The van der Waals surface area contributed by atoms with Crippen molar-refractivity contribution < 1.29 is 13.2 Å². The third-order valence-electron chi connectivity index (χ3n) is 5.29. The Morgan fingerprint density at radius 1 is 1.30 bits per heavy atom. The minimum atomic E-state index is -3.35. The normalized spacial score (nSPS) is 19.7. The average Bonchev–Trinajstić information content (AvgIpc) is 3.12. The number of nitrogens with one attached hydrogen (secondary N) is 2. The summed E-state index contributed by atoms with van der Waals surface area (Å²) < 4.78 is 32.7. The highest BCUT2D eigenvalue weighted by atomic mass is 127. The first-order valence-electron chi connectivity index (χ1n) is 10.4. The van der Waals surface area contributed by atoms with Gasteiger partial charge < -0.3 is 15.0 Å². The van der Waals surface area contributed by atoms with Gasteiger partial charge in [0.1, 0.15) is 5.01 Å². The predicted molar refractivity (Wildman–Crippen MR) is 132 cm³/mol. The molecule has 2 heterocycles. The highest BCUT2D eigenvalue weighted by Crippen LogP contribution is 2.27. The molecule has 1 aromatic rings. The first-order valence-corrected chi connectivity index (χ1v) is 12.9. The zero-order valence-electron chi connectivity index (χ0n) is 17.9. The van der Waals surface area contributed by atoms with Gasteiger partial charge in [-0.1, -0.05) is 0 Å². The molecule has 0 radical (unpaired) electrons. The lowest BCUT2D eigenvalue weighted by atomic mass is 10.0. The summed E-state index contributed by atoms with van der Waals surface area (Å²) in [4.78, 5) is 12.5. The molecule has 0 spiro atoms. The molecule has 1 aromatic heterocycles. The fourth-order valence-electron chi connectivity index (χ4n) is 3.69. The van der Waals surface area contributed by atoms with Crippen LogP contribution in [0.5, 0.6) is 0 Å². The summed E-state index contributed by atoms with van der Waals surface area (Å²) in [5.74, 6) is 0.669. The van der Waals surface area contributed by atoms with Gasteiger partial charge in [-0.3, -0.25) is 4.99 Å². The van der Waals surface area contributed by atoms with Gasteiger partial charge in [-0.15, -0.1) is 35.3 Å².